The number of fused-ring (bicyclic) bond motifs is 1. The molecule has 2 aromatic carbocycles. The Morgan fingerprint density at radius 3 is 2.58 bits per heavy atom. The van der Waals surface area contributed by atoms with E-state index in [-0.39, 0.29) is 5.41 Å². The maximum Gasteiger partial charge on any atom is 0.0627 e. The molecular weight excluding hydrogens is 254 g/mol. The first-order valence-corrected chi connectivity index (χ1v) is 7.79. The van der Waals surface area contributed by atoms with Crippen LogP contribution in [0.25, 0.3) is 10.8 Å². The zero-order valence-corrected chi connectivity index (χ0v) is 11.5. The van der Waals surface area contributed by atoms with E-state index in [9.17, 15) is 4.21 Å². The molecule has 0 radical (unpaired) electrons. The smallest absolute Gasteiger partial charge is 0.0627 e. The Balaban J connectivity index is 1.84. The second kappa shape index (κ2) is 4.79. The van der Waals surface area contributed by atoms with Gasteiger partial charge in [0, 0.05) is 17.1 Å². The van der Waals surface area contributed by atoms with Crippen LogP contribution >= 0.6 is 0 Å². The number of nitriles is 1. The van der Waals surface area contributed by atoms with Crippen molar-refractivity contribution >= 4 is 21.6 Å². The molecule has 0 aliphatic heterocycles. The average Bonchev–Trinajstić information content (AvgIpc) is 3.18. The van der Waals surface area contributed by atoms with Gasteiger partial charge in [0.1, 0.15) is 0 Å². The molecule has 1 aliphatic rings. The highest BCUT2D eigenvalue weighted by atomic mass is 32.2. The van der Waals surface area contributed by atoms with E-state index >= 15 is 0 Å². The molecule has 1 atom stereocenters. The molecule has 0 N–H and O–H groups in total. The lowest BCUT2D eigenvalue weighted by atomic mass is 10.1. The second-order valence-corrected chi connectivity index (χ2v) is 6.78. The monoisotopic (exact) mass is 269 g/mol. The molecule has 2 aromatic rings. The summed E-state index contributed by atoms with van der Waals surface area (Å²) < 4.78 is 12.4. The van der Waals surface area contributed by atoms with Gasteiger partial charge in [0.2, 0.25) is 0 Å². The molecule has 0 aromatic heterocycles. The molecule has 19 heavy (non-hydrogen) atoms. The number of benzene rings is 2. The summed E-state index contributed by atoms with van der Waals surface area (Å²) in [5.74, 6) is 0.624. The number of nitrogens with zero attached hydrogens (tertiary/aromatic N) is 1. The van der Waals surface area contributed by atoms with Gasteiger partial charge in [0.25, 0.3) is 0 Å². The van der Waals surface area contributed by atoms with Crippen LogP contribution in [0.5, 0.6) is 0 Å². The van der Waals surface area contributed by atoms with Crippen molar-refractivity contribution in [2.45, 2.75) is 24.2 Å². The van der Waals surface area contributed by atoms with Gasteiger partial charge in [-0.05, 0) is 41.2 Å². The van der Waals surface area contributed by atoms with E-state index in [4.69, 9.17) is 5.26 Å². The molecular formula is C16H15NOS. The van der Waals surface area contributed by atoms with Crippen molar-refractivity contribution in [1.29, 1.82) is 5.26 Å². The molecule has 3 rings (SSSR count). The van der Waals surface area contributed by atoms with Crippen molar-refractivity contribution in [3.05, 3.63) is 42.5 Å². The van der Waals surface area contributed by atoms with Gasteiger partial charge in [-0.3, -0.25) is 4.21 Å². The minimum absolute atomic E-state index is 0.0330. The molecule has 1 saturated carbocycles. The fraction of sp³-hybridized carbons (Fsp3) is 0.312. The Kier molecular flexibility index (Phi) is 3.12. The quantitative estimate of drug-likeness (QED) is 0.850. The minimum atomic E-state index is -0.999. The first-order valence-electron chi connectivity index (χ1n) is 6.47. The lowest BCUT2D eigenvalue weighted by Gasteiger charge is -2.10. The van der Waals surface area contributed by atoms with Gasteiger partial charge < -0.3 is 0 Å². The topological polar surface area (TPSA) is 40.9 Å². The fourth-order valence-corrected chi connectivity index (χ4v) is 3.98. The van der Waals surface area contributed by atoms with Crippen LogP contribution in [0.4, 0.5) is 0 Å². The summed E-state index contributed by atoms with van der Waals surface area (Å²) in [6, 6.07) is 16.3. The van der Waals surface area contributed by atoms with Crippen molar-refractivity contribution in [2.75, 3.05) is 5.75 Å². The summed E-state index contributed by atoms with van der Waals surface area (Å²) >= 11 is 0. The predicted molar refractivity (Wildman–Crippen MR) is 77.1 cm³/mol. The van der Waals surface area contributed by atoms with E-state index in [0.717, 1.165) is 23.1 Å². The van der Waals surface area contributed by atoms with E-state index < -0.39 is 10.8 Å². The highest BCUT2D eigenvalue weighted by molar-refractivity contribution is 7.85. The SMILES string of the molecule is N#CCC1(CS(=O)c2ccc3ccccc3c2)CC1. The Labute approximate surface area is 115 Å². The molecule has 0 amide bonds. The van der Waals surface area contributed by atoms with Crippen LogP contribution in [0.2, 0.25) is 0 Å². The maximum absolute atomic E-state index is 12.4. The molecule has 0 heterocycles. The molecule has 0 bridgehead atoms. The average molecular weight is 269 g/mol. The van der Waals surface area contributed by atoms with E-state index in [0.29, 0.717) is 12.2 Å². The van der Waals surface area contributed by atoms with Crippen LogP contribution < -0.4 is 0 Å². The molecule has 0 saturated heterocycles. The van der Waals surface area contributed by atoms with Crippen molar-refractivity contribution in [3.63, 3.8) is 0 Å². The van der Waals surface area contributed by atoms with Gasteiger partial charge in [0.05, 0.1) is 16.9 Å². The summed E-state index contributed by atoms with van der Waals surface area (Å²) in [7, 11) is -0.999. The molecule has 1 unspecified atom stereocenters. The molecule has 2 nitrogen and oxygen atoms in total. The number of hydrogen-bond donors (Lipinski definition) is 0. The molecule has 96 valence electrons. The molecule has 1 fully saturated rings. The zero-order chi connectivity index (χ0) is 13.3. The first kappa shape index (κ1) is 12.4. The molecule has 1 aliphatic carbocycles. The van der Waals surface area contributed by atoms with E-state index in [1.54, 1.807) is 0 Å². The van der Waals surface area contributed by atoms with Crippen molar-refractivity contribution in [2.24, 2.45) is 5.41 Å². The first-order chi connectivity index (χ1) is 9.22. The standard InChI is InChI=1S/C16H15NOS/c17-10-9-16(7-8-16)12-19(18)15-6-5-13-3-1-2-4-14(13)11-15/h1-6,11H,7-9,12H2. The van der Waals surface area contributed by atoms with Gasteiger partial charge in [-0.2, -0.15) is 5.26 Å². The second-order valence-electron chi connectivity index (χ2n) is 5.33. The van der Waals surface area contributed by atoms with E-state index in [1.165, 1.54) is 5.39 Å². The van der Waals surface area contributed by atoms with Crippen LogP contribution in [0.15, 0.2) is 47.4 Å². The van der Waals surface area contributed by atoms with E-state index in [2.05, 4.69) is 12.1 Å². The third kappa shape index (κ3) is 2.54. The summed E-state index contributed by atoms with van der Waals surface area (Å²) in [6.45, 7) is 0. The van der Waals surface area contributed by atoms with Gasteiger partial charge in [-0.1, -0.05) is 30.3 Å². The Bertz CT molecular complexity index is 682. The molecule has 0 spiro atoms. The predicted octanol–water partition coefficient (Wildman–Crippen LogP) is 3.64. The summed E-state index contributed by atoms with van der Waals surface area (Å²) in [5.41, 5.74) is 0.0330. The number of hydrogen-bond acceptors (Lipinski definition) is 2. The van der Waals surface area contributed by atoms with Gasteiger partial charge >= 0.3 is 0 Å². The molecule has 3 heteroatoms. The van der Waals surface area contributed by atoms with Crippen molar-refractivity contribution < 1.29 is 4.21 Å². The third-order valence-corrected chi connectivity index (χ3v) is 5.49. The van der Waals surface area contributed by atoms with Crippen LogP contribution in [0.3, 0.4) is 0 Å². The van der Waals surface area contributed by atoms with Crippen LogP contribution in [0.1, 0.15) is 19.3 Å². The third-order valence-electron chi connectivity index (χ3n) is 3.83. The van der Waals surface area contributed by atoms with Crippen molar-refractivity contribution in [3.8, 4) is 6.07 Å². The lowest BCUT2D eigenvalue weighted by Crippen LogP contribution is -2.11. The normalized spacial score (nSPS) is 17.8. The van der Waals surface area contributed by atoms with E-state index in [1.807, 2.05) is 36.4 Å². The van der Waals surface area contributed by atoms with Gasteiger partial charge in [-0.25, -0.2) is 0 Å². The fourth-order valence-electron chi connectivity index (χ4n) is 2.39. The van der Waals surface area contributed by atoms with Gasteiger partial charge in [0.15, 0.2) is 0 Å². The van der Waals surface area contributed by atoms with Crippen LogP contribution in [0, 0.1) is 16.7 Å². The highest BCUT2D eigenvalue weighted by Crippen LogP contribution is 2.49. The maximum atomic E-state index is 12.4. The van der Waals surface area contributed by atoms with Crippen LogP contribution in [-0.2, 0) is 10.8 Å². The van der Waals surface area contributed by atoms with Crippen molar-refractivity contribution in [1.82, 2.24) is 0 Å². The number of rotatable bonds is 4. The summed E-state index contributed by atoms with van der Waals surface area (Å²) in [6.07, 6.45) is 2.62. The van der Waals surface area contributed by atoms with Crippen LogP contribution in [-0.4, -0.2) is 9.96 Å². The summed E-state index contributed by atoms with van der Waals surface area (Å²) in [5, 5.41) is 11.1. The Hall–Kier alpha value is -1.66. The van der Waals surface area contributed by atoms with Gasteiger partial charge in [-0.15, -0.1) is 0 Å². The zero-order valence-electron chi connectivity index (χ0n) is 10.6. The Morgan fingerprint density at radius 1 is 1.16 bits per heavy atom. The highest BCUT2D eigenvalue weighted by Gasteiger charge is 2.43. The summed E-state index contributed by atoms with van der Waals surface area (Å²) in [4.78, 5) is 0.878. The largest absolute Gasteiger partial charge is 0.254 e. The minimum Gasteiger partial charge on any atom is -0.254 e. The Morgan fingerprint density at radius 2 is 1.89 bits per heavy atom. The lowest BCUT2D eigenvalue weighted by molar-refractivity contribution is 0.587.